The van der Waals surface area contributed by atoms with Crippen molar-refractivity contribution in [2.45, 2.75) is 554 Å². The van der Waals surface area contributed by atoms with E-state index in [1.165, 1.54) is 353 Å². The molecule has 0 saturated carbocycles. The van der Waals surface area contributed by atoms with E-state index in [4.69, 9.17) is 37.0 Å². The van der Waals surface area contributed by atoms with E-state index in [1.807, 2.05) is 0 Å². The van der Waals surface area contributed by atoms with Gasteiger partial charge in [0.05, 0.1) is 26.4 Å². The molecule has 0 aliphatic heterocycles. The summed E-state index contributed by atoms with van der Waals surface area (Å²) in [5, 5.41) is 10.7. The predicted molar refractivity (Wildman–Crippen MR) is 488 cm³/mol. The number of ether oxygens (including phenoxy) is 4. The number of hydrogen-bond donors (Lipinski definition) is 3. The Morgan fingerprint density at radius 3 is 0.607 bits per heavy atom. The predicted octanol–water partition coefficient (Wildman–Crippen LogP) is 30.9. The summed E-state index contributed by atoms with van der Waals surface area (Å²) in [5.41, 5.74) is 0. The lowest BCUT2D eigenvalue weighted by Crippen LogP contribution is -2.30. The van der Waals surface area contributed by atoms with Gasteiger partial charge in [-0.2, -0.15) is 0 Å². The minimum Gasteiger partial charge on any atom is -0.462 e. The summed E-state index contributed by atoms with van der Waals surface area (Å²) >= 11 is 0. The Bertz CT molecular complexity index is 2220. The largest absolute Gasteiger partial charge is 0.472 e. The van der Waals surface area contributed by atoms with Crippen LogP contribution in [0.3, 0.4) is 0 Å². The normalized spacial score (nSPS) is 14.1. The highest BCUT2D eigenvalue weighted by atomic mass is 31.2. The smallest absolute Gasteiger partial charge is 0.462 e. The highest BCUT2D eigenvalue weighted by molar-refractivity contribution is 7.47. The summed E-state index contributed by atoms with van der Waals surface area (Å²) in [4.78, 5) is 73.6. The molecule has 0 rings (SSSR count). The van der Waals surface area contributed by atoms with Gasteiger partial charge in [0.2, 0.25) is 0 Å². The number of phosphoric acid groups is 2. The molecule has 19 heteroatoms. The Labute approximate surface area is 721 Å². The van der Waals surface area contributed by atoms with Crippen LogP contribution in [0, 0.1) is 11.8 Å². The Balaban J connectivity index is 5.23. The molecule has 0 bridgehead atoms. The Hall–Kier alpha value is -1.94. The number of rotatable bonds is 97. The molecular weight excluding hydrogens is 1510 g/mol. The zero-order valence-electron chi connectivity index (χ0n) is 77.5. The number of unbranched alkanes of at least 4 members (excludes halogenated alkanes) is 65. The van der Waals surface area contributed by atoms with Crippen LogP contribution in [-0.2, 0) is 65.4 Å². The molecule has 0 saturated heterocycles. The zero-order chi connectivity index (χ0) is 85.5. The standard InChI is InChI=1S/C98H192O17P2/c1-7-11-13-15-17-19-21-23-24-25-26-27-28-36-41-46-52-58-64-70-76-82-97(102)114-93(86-108-95(100)80-74-68-62-56-50-22-20-18-16-14-12-8-2)88-112-116(104,105)110-84-92(99)85-111-117(106,107)113-89-94(115-98(103)83-77-71-65-59-53-47-42-37-32-30-34-39-44-49-55-61-67-73-79-91(6)10-4)87-109-96(101)81-75-69-63-57-51-45-40-35-31-29-33-38-43-48-54-60-66-72-78-90(5)9-3/h90-94,99H,7-89H2,1-6H3,(H,104,105)(H,106,107)/t90?,91?,92-,93+,94+/m0/s1. The summed E-state index contributed by atoms with van der Waals surface area (Å²) in [6.45, 7) is 9.88. The van der Waals surface area contributed by atoms with Crippen molar-refractivity contribution in [3.63, 3.8) is 0 Å². The van der Waals surface area contributed by atoms with E-state index in [-0.39, 0.29) is 25.7 Å². The van der Waals surface area contributed by atoms with Gasteiger partial charge in [-0.25, -0.2) is 9.13 Å². The molecule has 17 nitrogen and oxygen atoms in total. The summed E-state index contributed by atoms with van der Waals surface area (Å²) in [6.07, 6.45) is 86.2. The zero-order valence-corrected chi connectivity index (χ0v) is 79.3. The topological polar surface area (TPSA) is 237 Å². The third-order valence-electron chi connectivity index (χ3n) is 23.9. The molecule has 0 aliphatic carbocycles. The molecule has 0 amide bonds. The number of hydrogen-bond acceptors (Lipinski definition) is 15. The maximum Gasteiger partial charge on any atom is 0.472 e. The maximum absolute atomic E-state index is 13.2. The molecule has 0 aromatic carbocycles. The first-order valence-corrected chi connectivity index (χ1v) is 53.6. The van der Waals surface area contributed by atoms with Crippen LogP contribution < -0.4 is 0 Å². The van der Waals surface area contributed by atoms with Crippen LogP contribution in [0.15, 0.2) is 0 Å². The van der Waals surface area contributed by atoms with Gasteiger partial charge in [0.15, 0.2) is 12.2 Å². The average molecular weight is 1700 g/mol. The molecule has 0 aromatic heterocycles. The molecule has 3 N–H and O–H groups in total. The fourth-order valence-electron chi connectivity index (χ4n) is 15.5. The van der Waals surface area contributed by atoms with Crippen LogP contribution in [0.1, 0.15) is 536 Å². The lowest BCUT2D eigenvalue weighted by molar-refractivity contribution is -0.161. The average Bonchev–Trinajstić information content (AvgIpc) is 0.897. The molecular formula is C98H192O17P2. The number of carbonyl (C=O) groups is 4. The van der Waals surface area contributed by atoms with Gasteiger partial charge in [0.1, 0.15) is 19.3 Å². The maximum atomic E-state index is 13.2. The molecule has 4 unspecified atom stereocenters. The van der Waals surface area contributed by atoms with Crippen molar-refractivity contribution in [2.24, 2.45) is 11.8 Å². The van der Waals surface area contributed by atoms with Crippen molar-refractivity contribution in [1.29, 1.82) is 0 Å². The van der Waals surface area contributed by atoms with Gasteiger partial charge in [-0.05, 0) is 37.5 Å². The fourth-order valence-corrected chi connectivity index (χ4v) is 17.1. The molecule has 0 aliphatic rings. The van der Waals surface area contributed by atoms with Crippen LogP contribution in [0.25, 0.3) is 0 Å². The molecule has 117 heavy (non-hydrogen) atoms. The van der Waals surface area contributed by atoms with E-state index >= 15 is 0 Å². The fraction of sp³-hybridized carbons (Fsp3) is 0.959. The van der Waals surface area contributed by atoms with Crippen LogP contribution in [0.5, 0.6) is 0 Å². The monoisotopic (exact) mass is 1700 g/mol. The quantitative estimate of drug-likeness (QED) is 0.0222. The summed E-state index contributed by atoms with van der Waals surface area (Å²) in [7, 11) is -9.94. The second-order valence-electron chi connectivity index (χ2n) is 35.7. The Morgan fingerprint density at radius 1 is 0.239 bits per heavy atom. The second-order valence-corrected chi connectivity index (χ2v) is 38.6. The molecule has 0 spiro atoms. The Kier molecular flexibility index (Phi) is 87.4. The van der Waals surface area contributed by atoms with Gasteiger partial charge >= 0.3 is 39.5 Å². The first-order valence-electron chi connectivity index (χ1n) is 50.6. The third-order valence-corrected chi connectivity index (χ3v) is 25.8. The van der Waals surface area contributed by atoms with Crippen molar-refractivity contribution >= 4 is 39.5 Å². The summed E-state index contributed by atoms with van der Waals surface area (Å²) in [6, 6.07) is 0. The van der Waals surface area contributed by atoms with E-state index in [1.54, 1.807) is 0 Å². The van der Waals surface area contributed by atoms with Crippen LogP contribution in [0.2, 0.25) is 0 Å². The van der Waals surface area contributed by atoms with Crippen molar-refractivity contribution < 1.29 is 80.2 Å². The van der Waals surface area contributed by atoms with Gasteiger partial charge in [-0.15, -0.1) is 0 Å². The molecule has 7 atom stereocenters. The number of aliphatic hydroxyl groups is 1. The lowest BCUT2D eigenvalue weighted by Gasteiger charge is -2.21. The molecule has 0 radical (unpaired) electrons. The van der Waals surface area contributed by atoms with Crippen molar-refractivity contribution in [2.75, 3.05) is 39.6 Å². The lowest BCUT2D eigenvalue weighted by atomic mass is 9.99. The van der Waals surface area contributed by atoms with Crippen LogP contribution >= 0.6 is 15.6 Å². The van der Waals surface area contributed by atoms with Gasteiger partial charge < -0.3 is 33.8 Å². The first kappa shape index (κ1) is 115. The molecule has 0 heterocycles. The first-order chi connectivity index (χ1) is 56.9. The van der Waals surface area contributed by atoms with E-state index in [0.717, 1.165) is 102 Å². The van der Waals surface area contributed by atoms with Gasteiger partial charge in [0.25, 0.3) is 0 Å². The van der Waals surface area contributed by atoms with E-state index in [9.17, 15) is 43.2 Å². The molecule has 0 aromatic rings. The van der Waals surface area contributed by atoms with E-state index in [2.05, 4.69) is 41.5 Å². The number of aliphatic hydroxyl groups excluding tert-OH is 1. The number of carbonyl (C=O) groups excluding carboxylic acids is 4. The van der Waals surface area contributed by atoms with Crippen molar-refractivity contribution in [1.82, 2.24) is 0 Å². The van der Waals surface area contributed by atoms with Crippen LogP contribution in [-0.4, -0.2) is 96.7 Å². The second kappa shape index (κ2) is 88.9. The minimum absolute atomic E-state index is 0.109. The van der Waals surface area contributed by atoms with Crippen molar-refractivity contribution in [3.05, 3.63) is 0 Å². The number of esters is 4. The van der Waals surface area contributed by atoms with Gasteiger partial charge in [-0.1, -0.05) is 485 Å². The van der Waals surface area contributed by atoms with Gasteiger partial charge in [-0.3, -0.25) is 37.3 Å². The van der Waals surface area contributed by atoms with Crippen molar-refractivity contribution in [3.8, 4) is 0 Å². The highest BCUT2D eigenvalue weighted by Crippen LogP contribution is 2.45. The minimum atomic E-state index is -4.97. The van der Waals surface area contributed by atoms with E-state index in [0.29, 0.717) is 25.7 Å². The summed E-state index contributed by atoms with van der Waals surface area (Å²) in [5.74, 6) is -0.342. The molecule has 696 valence electrons. The third kappa shape index (κ3) is 88.7. The van der Waals surface area contributed by atoms with Crippen LogP contribution in [0.4, 0.5) is 0 Å². The van der Waals surface area contributed by atoms with E-state index < -0.39 is 97.5 Å². The SMILES string of the molecule is CCCCCCCCCCCCCCCCCCCCCCCC(=O)O[C@H](COC(=O)CCCCCCCCCCCCCC)COP(=O)(O)OC[C@H](O)COP(=O)(O)OC[C@@H](COC(=O)CCCCCCCCCCCCCCCCCCCCC(C)CC)OC(=O)CCCCCCCCCCCCCCCCCCCCC(C)CC. The highest BCUT2D eigenvalue weighted by Gasteiger charge is 2.31. The Morgan fingerprint density at radius 2 is 0.410 bits per heavy atom. The van der Waals surface area contributed by atoms with Gasteiger partial charge in [0, 0.05) is 25.7 Å². The number of phosphoric ester groups is 2. The summed E-state index contributed by atoms with van der Waals surface area (Å²) < 4.78 is 69.3. The molecule has 0 fully saturated rings.